The van der Waals surface area contributed by atoms with Crippen LogP contribution in [0, 0.1) is 5.92 Å². The Balaban J connectivity index is 2.01. The molecule has 2 aromatic rings. The molecule has 2 N–H and O–H groups in total. The van der Waals surface area contributed by atoms with Gasteiger partial charge in [0.15, 0.2) is 0 Å². The van der Waals surface area contributed by atoms with Crippen LogP contribution in [-0.2, 0) is 0 Å². The van der Waals surface area contributed by atoms with E-state index >= 15 is 0 Å². The van der Waals surface area contributed by atoms with E-state index in [1.165, 1.54) is 34.2 Å². The predicted octanol–water partition coefficient (Wildman–Crippen LogP) is 3.75. The van der Waals surface area contributed by atoms with E-state index in [2.05, 4.69) is 18.2 Å². The number of hydrogen-bond acceptors (Lipinski definition) is 3. The fraction of sp³-hybridized carbons (Fsp3) is 0.467. The van der Waals surface area contributed by atoms with E-state index in [0.29, 0.717) is 5.92 Å². The molecule has 1 saturated carbocycles. The minimum absolute atomic E-state index is 0.542. The number of benzene rings is 1. The summed E-state index contributed by atoms with van der Waals surface area (Å²) in [6.45, 7) is 0.764. The summed E-state index contributed by atoms with van der Waals surface area (Å²) in [5.41, 5.74) is 5.98. The molecule has 18 heavy (non-hydrogen) atoms. The van der Waals surface area contributed by atoms with E-state index in [1.54, 1.807) is 7.11 Å². The van der Waals surface area contributed by atoms with Crippen LogP contribution in [0.3, 0.4) is 0 Å². The van der Waals surface area contributed by atoms with Crippen molar-refractivity contribution in [3.63, 3.8) is 0 Å². The monoisotopic (exact) mass is 261 g/mol. The molecule has 96 valence electrons. The van der Waals surface area contributed by atoms with Crippen molar-refractivity contribution >= 4 is 21.4 Å². The molecule has 1 aromatic heterocycles. The van der Waals surface area contributed by atoms with Crippen LogP contribution in [0.4, 0.5) is 0 Å². The number of hydrogen-bond donors (Lipinski definition) is 1. The van der Waals surface area contributed by atoms with Crippen molar-refractivity contribution < 1.29 is 4.74 Å². The quantitative estimate of drug-likeness (QED) is 0.909. The lowest BCUT2D eigenvalue weighted by Gasteiger charge is -2.32. The molecule has 0 spiro atoms. The van der Waals surface area contributed by atoms with Gasteiger partial charge in [0.1, 0.15) is 5.75 Å². The van der Waals surface area contributed by atoms with Crippen LogP contribution >= 0.6 is 11.3 Å². The summed E-state index contributed by atoms with van der Waals surface area (Å²) < 4.78 is 6.69. The topological polar surface area (TPSA) is 35.2 Å². The molecule has 0 saturated heterocycles. The number of fused-ring (bicyclic) bond motifs is 1. The summed E-state index contributed by atoms with van der Waals surface area (Å²) in [4.78, 5) is 1.43. The van der Waals surface area contributed by atoms with Gasteiger partial charge in [0.25, 0.3) is 0 Å². The second-order valence-electron chi connectivity index (χ2n) is 5.06. The molecular weight excluding hydrogens is 242 g/mol. The maximum atomic E-state index is 5.98. The molecule has 3 heteroatoms. The van der Waals surface area contributed by atoms with Gasteiger partial charge in [0.05, 0.1) is 11.8 Å². The van der Waals surface area contributed by atoms with E-state index < -0.39 is 0 Å². The Hall–Kier alpha value is -1.06. The van der Waals surface area contributed by atoms with Gasteiger partial charge in [-0.25, -0.2) is 0 Å². The first-order valence-corrected chi connectivity index (χ1v) is 7.41. The first-order chi connectivity index (χ1) is 8.83. The first-order valence-electron chi connectivity index (χ1n) is 6.60. The molecule has 2 nitrogen and oxygen atoms in total. The van der Waals surface area contributed by atoms with Crippen LogP contribution in [0.25, 0.3) is 10.1 Å². The summed E-state index contributed by atoms with van der Waals surface area (Å²) in [5, 5.41) is 1.28. The van der Waals surface area contributed by atoms with Gasteiger partial charge >= 0.3 is 0 Å². The third-order valence-electron chi connectivity index (χ3n) is 4.09. The normalized spacial score (nSPS) is 17.7. The van der Waals surface area contributed by atoms with Gasteiger partial charge in [-0.15, -0.1) is 11.3 Å². The van der Waals surface area contributed by atoms with E-state index in [4.69, 9.17) is 10.5 Å². The summed E-state index contributed by atoms with van der Waals surface area (Å²) in [5.74, 6) is 2.32. The molecule has 0 radical (unpaired) electrons. The molecule has 1 aliphatic carbocycles. The first kappa shape index (κ1) is 12.0. The zero-order valence-corrected chi connectivity index (χ0v) is 11.5. The van der Waals surface area contributed by atoms with Crippen molar-refractivity contribution in [3.05, 3.63) is 29.1 Å². The van der Waals surface area contributed by atoms with Crippen LogP contribution < -0.4 is 10.5 Å². The van der Waals surface area contributed by atoms with Crippen molar-refractivity contribution in [1.82, 2.24) is 0 Å². The number of methoxy groups -OCH3 is 1. The second kappa shape index (κ2) is 4.90. The molecule has 1 aromatic carbocycles. The number of thiophene rings is 1. The maximum Gasteiger partial charge on any atom is 0.136 e. The Bertz CT molecular complexity index is 544. The second-order valence-corrected chi connectivity index (χ2v) is 6.14. The predicted molar refractivity (Wildman–Crippen MR) is 77.5 cm³/mol. The van der Waals surface area contributed by atoms with E-state index in [9.17, 15) is 0 Å². The summed E-state index contributed by atoms with van der Waals surface area (Å²) in [6.07, 6.45) is 4.05. The van der Waals surface area contributed by atoms with E-state index in [-0.39, 0.29) is 0 Å². The van der Waals surface area contributed by atoms with Crippen LogP contribution in [0.1, 0.15) is 30.1 Å². The number of nitrogens with two attached hydrogens (primary N) is 1. The van der Waals surface area contributed by atoms with E-state index in [1.807, 2.05) is 17.4 Å². The molecule has 0 aliphatic heterocycles. The summed E-state index contributed by atoms with van der Waals surface area (Å²) >= 11 is 1.85. The lowest BCUT2D eigenvalue weighted by atomic mass is 9.75. The van der Waals surface area contributed by atoms with Crippen LogP contribution in [-0.4, -0.2) is 13.7 Å². The lowest BCUT2D eigenvalue weighted by molar-refractivity contribution is 0.266. The van der Waals surface area contributed by atoms with Crippen molar-refractivity contribution in [1.29, 1.82) is 0 Å². The fourth-order valence-corrected chi connectivity index (χ4v) is 4.14. The molecule has 0 bridgehead atoms. The van der Waals surface area contributed by atoms with Gasteiger partial charge in [-0.3, -0.25) is 0 Å². The van der Waals surface area contributed by atoms with Gasteiger partial charge in [-0.05, 0) is 36.3 Å². The largest absolute Gasteiger partial charge is 0.495 e. The molecule has 0 amide bonds. The molecule has 1 unspecified atom stereocenters. The highest BCUT2D eigenvalue weighted by molar-refractivity contribution is 7.19. The third-order valence-corrected chi connectivity index (χ3v) is 5.38. The van der Waals surface area contributed by atoms with Crippen LogP contribution in [0.2, 0.25) is 0 Å². The third kappa shape index (κ3) is 1.91. The van der Waals surface area contributed by atoms with Crippen LogP contribution in [0.15, 0.2) is 24.3 Å². The highest BCUT2D eigenvalue weighted by Crippen LogP contribution is 2.44. The maximum absolute atomic E-state index is 5.98. The lowest BCUT2D eigenvalue weighted by Crippen LogP contribution is -2.25. The van der Waals surface area contributed by atoms with Gasteiger partial charge in [-0.2, -0.15) is 0 Å². The molecule has 1 atom stereocenters. The van der Waals surface area contributed by atoms with Crippen molar-refractivity contribution in [2.45, 2.75) is 25.2 Å². The highest BCUT2D eigenvalue weighted by Gasteiger charge is 2.28. The van der Waals surface area contributed by atoms with Crippen molar-refractivity contribution in [2.24, 2.45) is 11.7 Å². The summed E-state index contributed by atoms with van der Waals surface area (Å²) in [6, 6.07) is 8.55. The Morgan fingerprint density at radius 3 is 2.89 bits per heavy atom. The smallest absolute Gasteiger partial charge is 0.136 e. The van der Waals surface area contributed by atoms with Crippen molar-refractivity contribution in [2.75, 3.05) is 13.7 Å². The zero-order valence-electron chi connectivity index (χ0n) is 10.7. The van der Waals surface area contributed by atoms with Crippen LogP contribution in [0.5, 0.6) is 5.75 Å². The Labute approximate surface area is 112 Å². The average Bonchev–Trinajstić information content (AvgIpc) is 2.76. The molecule has 1 heterocycles. The minimum atomic E-state index is 0.542. The van der Waals surface area contributed by atoms with E-state index in [0.717, 1.165) is 18.2 Å². The Morgan fingerprint density at radius 2 is 2.28 bits per heavy atom. The van der Waals surface area contributed by atoms with Crippen molar-refractivity contribution in [3.8, 4) is 5.75 Å². The molecule has 1 fully saturated rings. The summed E-state index contributed by atoms with van der Waals surface area (Å²) in [7, 11) is 1.74. The van der Waals surface area contributed by atoms with Gasteiger partial charge < -0.3 is 10.5 Å². The minimum Gasteiger partial charge on any atom is -0.495 e. The SMILES string of the molecule is COc1cccc2cc(C(CN)C3CCC3)sc12. The number of ether oxygens (including phenoxy) is 1. The average molecular weight is 261 g/mol. The zero-order chi connectivity index (χ0) is 12.5. The molecule has 1 aliphatic rings. The Morgan fingerprint density at radius 1 is 1.44 bits per heavy atom. The van der Waals surface area contributed by atoms with Gasteiger partial charge in [0, 0.05) is 17.3 Å². The highest BCUT2D eigenvalue weighted by atomic mass is 32.1. The van der Waals surface area contributed by atoms with Gasteiger partial charge in [0.2, 0.25) is 0 Å². The standard InChI is InChI=1S/C15H19NOS/c1-17-13-7-3-6-11-8-14(18-15(11)13)12(9-16)10-4-2-5-10/h3,6-8,10,12H,2,4-5,9,16H2,1H3. The van der Waals surface area contributed by atoms with Gasteiger partial charge in [-0.1, -0.05) is 18.6 Å². The number of rotatable bonds is 4. The fourth-order valence-electron chi connectivity index (χ4n) is 2.78. The molecule has 3 rings (SSSR count). The molecular formula is C15H19NOS. The Kier molecular flexibility index (Phi) is 3.27.